The summed E-state index contributed by atoms with van der Waals surface area (Å²) in [5.74, 6) is 3.33. The van der Waals surface area contributed by atoms with Crippen LogP contribution in [0.4, 0.5) is 0 Å². The molecule has 42 heavy (non-hydrogen) atoms. The van der Waals surface area contributed by atoms with Crippen molar-refractivity contribution in [1.82, 2.24) is 24.0 Å². The first-order valence-electron chi connectivity index (χ1n) is 14.9. The highest BCUT2D eigenvalue weighted by molar-refractivity contribution is 7.90. The van der Waals surface area contributed by atoms with Crippen LogP contribution in [0.1, 0.15) is 43.0 Å². The average Bonchev–Trinajstić information content (AvgIpc) is 3.34. The minimum absolute atomic E-state index is 0.0286. The minimum Gasteiger partial charge on any atom is -0.617 e. The molecule has 3 fully saturated rings. The number of methoxy groups -OCH3 is 1. The lowest BCUT2D eigenvalue weighted by molar-refractivity contribution is 0.0700. The Morgan fingerprint density at radius 1 is 1.14 bits per heavy atom. The first-order chi connectivity index (χ1) is 20.4. The van der Waals surface area contributed by atoms with Crippen LogP contribution in [0.3, 0.4) is 0 Å². The van der Waals surface area contributed by atoms with Gasteiger partial charge in [0.05, 0.1) is 37.7 Å². The topological polar surface area (TPSA) is 123 Å². The maximum Gasteiger partial charge on any atom is 0.254 e. The molecule has 1 saturated heterocycles. The van der Waals surface area contributed by atoms with Crippen LogP contribution in [0.2, 0.25) is 0 Å². The molecular formula is C31H38N6O4S. The molecule has 4 aromatic rings. The molecule has 3 aromatic heterocycles. The fourth-order valence-electron chi connectivity index (χ4n) is 6.86. The lowest BCUT2D eigenvalue weighted by Crippen LogP contribution is -2.41. The van der Waals surface area contributed by atoms with Crippen LogP contribution in [0, 0.1) is 11.8 Å². The standard InChI is InChI=1S/C31H38N6O4S/c1-4-41-26-10-8-19-14-24(36(29(19)34-26)16-18-5-6-18)30-33-22-13-21(31(38)37-17-20-7-9-23(37)27(20)32)15-25(40-2)28(22)35(30)11-12-42(3)39/h8,10,13-15,18,20,23,27H,4-7,9,11-12,16-17,32H2,1-3H3/t20-,23-,27-,42-/m1/s1. The molecule has 2 saturated carbocycles. The number of likely N-dealkylation sites (tertiary alicyclic amines) is 1. The molecule has 4 heterocycles. The number of benzene rings is 1. The Labute approximate surface area is 248 Å². The summed E-state index contributed by atoms with van der Waals surface area (Å²) in [6, 6.07) is 9.90. The van der Waals surface area contributed by atoms with E-state index in [1.54, 1.807) is 13.4 Å². The van der Waals surface area contributed by atoms with Gasteiger partial charge in [0.15, 0.2) is 5.82 Å². The monoisotopic (exact) mass is 590 g/mol. The third kappa shape index (κ3) is 4.71. The minimum atomic E-state index is -1.01. The molecule has 0 radical (unpaired) electrons. The second kappa shape index (κ2) is 10.8. The molecule has 0 spiro atoms. The van der Waals surface area contributed by atoms with E-state index in [1.807, 2.05) is 36.1 Å². The number of amides is 1. The van der Waals surface area contributed by atoms with Crippen molar-refractivity contribution < 1.29 is 18.8 Å². The van der Waals surface area contributed by atoms with Crippen molar-refractivity contribution in [2.45, 2.75) is 57.8 Å². The van der Waals surface area contributed by atoms with Crippen LogP contribution in [0.25, 0.3) is 33.6 Å². The van der Waals surface area contributed by atoms with Gasteiger partial charge in [0.2, 0.25) is 5.88 Å². The number of rotatable bonds is 10. The van der Waals surface area contributed by atoms with Gasteiger partial charge in [-0.15, -0.1) is 0 Å². The summed E-state index contributed by atoms with van der Waals surface area (Å²) < 4.78 is 28.3. The molecule has 0 unspecified atom stereocenters. The van der Waals surface area contributed by atoms with E-state index in [0.717, 1.165) is 47.5 Å². The molecule has 10 nitrogen and oxygen atoms in total. The molecule has 1 amide bonds. The highest BCUT2D eigenvalue weighted by atomic mass is 32.2. The van der Waals surface area contributed by atoms with Gasteiger partial charge in [-0.3, -0.25) is 4.79 Å². The van der Waals surface area contributed by atoms with Crippen LogP contribution >= 0.6 is 0 Å². The Morgan fingerprint density at radius 2 is 1.98 bits per heavy atom. The Kier molecular flexibility index (Phi) is 7.06. The van der Waals surface area contributed by atoms with Gasteiger partial charge in [-0.2, -0.15) is 4.98 Å². The molecule has 7 rings (SSSR count). The first kappa shape index (κ1) is 27.5. The van der Waals surface area contributed by atoms with Crippen LogP contribution in [0.15, 0.2) is 30.3 Å². The third-order valence-corrected chi connectivity index (χ3v) is 9.93. The molecule has 2 N–H and O–H groups in total. The van der Waals surface area contributed by atoms with E-state index in [-0.39, 0.29) is 18.0 Å². The zero-order valence-corrected chi connectivity index (χ0v) is 25.2. The van der Waals surface area contributed by atoms with E-state index >= 15 is 0 Å². The normalized spacial score (nSPS) is 22.4. The lowest BCUT2D eigenvalue weighted by atomic mass is 10.1. The first-order valence-corrected chi connectivity index (χ1v) is 16.7. The number of piperidine rings is 1. The number of hydrogen-bond acceptors (Lipinski definition) is 7. The second-order valence-electron chi connectivity index (χ2n) is 11.9. The highest BCUT2D eigenvalue weighted by Crippen LogP contribution is 2.40. The van der Waals surface area contributed by atoms with Crippen LogP contribution in [-0.2, 0) is 24.3 Å². The number of carbonyl (C=O) groups is 1. The summed E-state index contributed by atoms with van der Waals surface area (Å²) in [5.41, 5.74) is 10.2. The van der Waals surface area contributed by atoms with Crippen LogP contribution in [0.5, 0.6) is 11.6 Å². The number of nitrogens with zero attached hydrogens (tertiary/aromatic N) is 5. The zero-order valence-electron chi connectivity index (χ0n) is 24.4. The molecule has 2 bridgehead atoms. The van der Waals surface area contributed by atoms with Gasteiger partial charge in [0.25, 0.3) is 5.91 Å². The van der Waals surface area contributed by atoms with Gasteiger partial charge in [-0.25, -0.2) is 4.98 Å². The highest BCUT2D eigenvalue weighted by Gasteiger charge is 2.47. The van der Waals surface area contributed by atoms with Crippen molar-refractivity contribution in [3.05, 3.63) is 35.9 Å². The van der Waals surface area contributed by atoms with Crippen molar-refractivity contribution in [3.63, 3.8) is 0 Å². The van der Waals surface area contributed by atoms with Gasteiger partial charge in [0, 0.05) is 42.2 Å². The van der Waals surface area contributed by atoms with Gasteiger partial charge in [-0.05, 0) is 68.7 Å². The summed E-state index contributed by atoms with van der Waals surface area (Å²) >= 11 is -1.01. The number of nitrogens with two attached hydrogens (primary N) is 1. The fourth-order valence-corrected chi connectivity index (χ4v) is 7.30. The van der Waals surface area contributed by atoms with E-state index < -0.39 is 11.2 Å². The summed E-state index contributed by atoms with van der Waals surface area (Å²) in [7, 11) is 1.62. The SMILES string of the molecule is CCOc1ccc2cc(-c3nc4cc(C(=O)N5C[C@H]6CC[C@@H]5[C@@H]6N)cc(OC)c4n3CC[S@@+](C)[O-])n(CC3CC3)c2n1. The summed E-state index contributed by atoms with van der Waals surface area (Å²) in [4.78, 5) is 25.7. The number of ether oxygens (including phenoxy) is 2. The smallest absolute Gasteiger partial charge is 0.254 e. The van der Waals surface area contributed by atoms with Crippen molar-refractivity contribution >= 4 is 39.1 Å². The number of imidazole rings is 1. The summed E-state index contributed by atoms with van der Waals surface area (Å²) in [6.07, 6.45) is 6.13. The Morgan fingerprint density at radius 3 is 2.64 bits per heavy atom. The number of pyridine rings is 1. The van der Waals surface area contributed by atoms with Gasteiger partial charge >= 0.3 is 0 Å². The van der Waals surface area contributed by atoms with Crippen molar-refractivity contribution in [2.24, 2.45) is 17.6 Å². The lowest BCUT2D eigenvalue weighted by Gasteiger charge is -2.27. The number of fused-ring (bicyclic) bond motifs is 4. The molecule has 2 aliphatic carbocycles. The molecule has 1 aromatic carbocycles. The molecule has 222 valence electrons. The average molecular weight is 591 g/mol. The maximum atomic E-state index is 13.8. The summed E-state index contributed by atoms with van der Waals surface area (Å²) in [6.45, 7) is 4.53. The van der Waals surface area contributed by atoms with Crippen molar-refractivity contribution in [1.29, 1.82) is 0 Å². The van der Waals surface area contributed by atoms with E-state index in [0.29, 0.717) is 60.0 Å². The van der Waals surface area contributed by atoms with E-state index in [1.165, 1.54) is 12.8 Å². The van der Waals surface area contributed by atoms with Gasteiger partial charge in [-0.1, -0.05) is 11.2 Å². The largest absolute Gasteiger partial charge is 0.617 e. The fraction of sp³-hybridized carbons (Fsp3) is 0.516. The molecule has 4 atom stereocenters. The third-order valence-electron chi connectivity index (χ3n) is 9.17. The second-order valence-corrected chi connectivity index (χ2v) is 13.5. The predicted octanol–water partition coefficient (Wildman–Crippen LogP) is 3.81. The quantitative estimate of drug-likeness (QED) is 0.279. The molecular weight excluding hydrogens is 552 g/mol. The Balaban J connectivity index is 1.38. The van der Waals surface area contributed by atoms with Gasteiger partial charge < -0.3 is 33.8 Å². The van der Waals surface area contributed by atoms with Crippen molar-refractivity contribution in [3.8, 4) is 23.1 Å². The Bertz CT molecular complexity index is 1660. The predicted molar refractivity (Wildman–Crippen MR) is 163 cm³/mol. The maximum absolute atomic E-state index is 13.8. The van der Waals surface area contributed by atoms with Gasteiger partial charge in [0.1, 0.15) is 22.7 Å². The summed E-state index contributed by atoms with van der Waals surface area (Å²) in [5, 5.41) is 1.01. The molecule has 11 heteroatoms. The van der Waals surface area contributed by atoms with E-state index in [9.17, 15) is 9.35 Å². The zero-order chi connectivity index (χ0) is 29.1. The van der Waals surface area contributed by atoms with E-state index in [2.05, 4.69) is 15.2 Å². The number of aryl methyl sites for hydroxylation is 1. The molecule has 3 aliphatic rings. The number of hydrogen-bond donors (Lipinski definition) is 1. The van der Waals surface area contributed by atoms with Crippen LogP contribution < -0.4 is 15.2 Å². The molecule has 1 aliphatic heterocycles. The Hall–Kier alpha value is -3.28. The van der Waals surface area contributed by atoms with E-state index in [4.69, 9.17) is 25.2 Å². The number of aromatic nitrogens is 4. The number of carbonyl (C=O) groups excluding carboxylic acids is 1. The van der Waals surface area contributed by atoms with Crippen molar-refractivity contribution in [2.75, 3.05) is 32.3 Å². The van der Waals surface area contributed by atoms with Crippen LogP contribution in [-0.4, -0.2) is 78.8 Å².